The van der Waals surface area contributed by atoms with Gasteiger partial charge in [0.1, 0.15) is 5.60 Å². The number of ether oxygens (including phenoxy) is 1. The maximum atomic E-state index is 11.5. The lowest BCUT2D eigenvalue weighted by molar-refractivity contribution is 0.0529. The smallest absolute Gasteiger partial charge is 0.407 e. The van der Waals surface area contributed by atoms with Crippen molar-refractivity contribution in [2.45, 2.75) is 46.3 Å². The largest absolute Gasteiger partial charge is 0.444 e. The van der Waals surface area contributed by atoms with Crippen molar-refractivity contribution in [2.24, 2.45) is 0 Å². The summed E-state index contributed by atoms with van der Waals surface area (Å²) in [5, 5.41) is 6.06. The lowest BCUT2D eigenvalue weighted by Gasteiger charge is -2.19. The second kappa shape index (κ2) is 9.26. The Morgan fingerprint density at radius 1 is 1.32 bits per heavy atom. The molecule has 0 aliphatic rings. The van der Waals surface area contributed by atoms with Crippen molar-refractivity contribution >= 4 is 12.2 Å². The Bertz CT molecular complexity index is 490. The third-order valence-electron chi connectivity index (χ3n) is 2.82. The van der Waals surface area contributed by atoms with Gasteiger partial charge in [0.15, 0.2) is 0 Å². The quantitative estimate of drug-likeness (QED) is 0.755. The van der Waals surface area contributed by atoms with Crippen LogP contribution in [-0.2, 0) is 11.3 Å². The van der Waals surface area contributed by atoms with Gasteiger partial charge >= 0.3 is 6.09 Å². The van der Waals surface area contributed by atoms with Gasteiger partial charge in [0, 0.05) is 13.1 Å². The van der Waals surface area contributed by atoms with Crippen LogP contribution in [0.3, 0.4) is 0 Å². The molecule has 0 aromatic heterocycles. The van der Waals surface area contributed by atoms with Crippen LogP contribution in [0, 0.1) is 0 Å². The average molecular weight is 304 g/mol. The van der Waals surface area contributed by atoms with Gasteiger partial charge < -0.3 is 15.4 Å². The first kappa shape index (κ1) is 18.2. The molecule has 1 aromatic rings. The van der Waals surface area contributed by atoms with Crippen LogP contribution >= 0.6 is 0 Å². The van der Waals surface area contributed by atoms with E-state index in [0.29, 0.717) is 6.54 Å². The van der Waals surface area contributed by atoms with E-state index in [1.807, 2.05) is 20.8 Å². The Labute approximate surface area is 133 Å². The minimum absolute atomic E-state index is 0.367. The number of carbonyl (C=O) groups excluding carboxylic acids is 1. The maximum Gasteiger partial charge on any atom is 0.407 e. The third kappa shape index (κ3) is 8.47. The van der Waals surface area contributed by atoms with Gasteiger partial charge in [-0.25, -0.2) is 4.79 Å². The molecule has 0 aliphatic heterocycles. The molecular formula is C18H28N2O2. The summed E-state index contributed by atoms with van der Waals surface area (Å²) in [5.74, 6) is 0. The fraction of sp³-hybridized carbons (Fsp3) is 0.500. The van der Waals surface area contributed by atoms with Gasteiger partial charge in [-0.1, -0.05) is 43.3 Å². The van der Waals surface area contributed by atoms with E-state index < -0.39 is 5.60 Å². The minimum atomic E-state index is -0.452. The monoisotopic (exact) mass is 304 g/mol. The number of hydrogen-bond acceptors (Lipinski definition) is 3. The molecule has 4 nitrogen and oxygen atoms in total. The first-order valence-corrected chi connectivity index (χ1v) is 7.84. The van der Waals surface area contributed by atoms with Crippen LogP contribution in [0.1, 0.15) is 45.2 Å². The van der Waals surface area contributed by atoms with E-state index >= 15 is 0 Å². The summed E-state index contributed by atoms with van der Waals surface area (Å²) in [6.45, 7) is 10.1. The second-order valence-corrected chi connectivity index (χ2v) is 6.15. The Hall–Kier alpha value is -1.81. The van der Waals surface area contributed by atoms with E-state index in [1.54, 1.807) is 0 Å². The van der Waals surface area contributed by atoms with Crippen molar-refractivity contribution in [3.8, 4) is 0 Å². The minimum Gasteiger partial charge on any atom is -0.444 e. The molecule has 0 heterocycles. The number of hydrogen-bond donors (Lipinski definition) is 2. The summed E-state index contributed by atoms with van der Waals surface area (Å²) in [5.41, 5.74) is 2.00. The highest BCUT2D eigenvalue weighted by Crippen LogP contribution is 2.08. The molecule has 1 rings (SSSR count). The predicted molar refractivity (Wildman–Crippen MR) is 91.7 cm³/mol. The summed E-state index contributed by atoms with van der Waals surface area (Å²) in [6, 6.07) is 8.42. The molecule has 0 fully saturated rings. The Balaban J connectivity index is 2.32. The standard InChI is InChI=1S/C18H28N2O2/c1-5-19-14-16-11-8-10-15(13-16)9-6-7-12-20-17(21)22-18(2,3)4/h6,8-11,13,19H,5,7,12,14H2,1-4H3,(H,20,21). The number of nitrogens with one attached hydrogen (secondary N) is 2. The molecule has 22 heavy (non-hydrogen) atoms. The van der Waals surface area contributed by atoms with Gasteiger partial charge in [0.25, 0.3) is 0 Å². The lowest BCUT2D eigenvalue weighted by Crippen LogP contribution is -2.32. The van der Waals surface area contributed by atoms with Crippen LogP contribution < -0.4 is 10.6 Å². The highest BCUT2D eigenvalue weighted by Gasteiger charge is 2.15. The van der Waals surface area contributed by atoms with Crippen LogP contribution in [0.15, 0.2) is 30.3 Å². The summed E-state index contributed by atoms with van der Waals surface area (Å²) in [7, 11) is 0. The predicted octanol–water partition coefficient (Wildman–Crippen LogP) is 3.72. The van der Waals surface area contributed by atoms with E-state index in [1.165, 1.54) is 11.1 Å². The van der Waals surface area contributed by atoms with Crippen molar-refractivity contribution in [2.75, 3.05) is 13.1 Å². The summed E-state index contributed by atoms with van der Waals surface area (Å²) < 4.78 is 5.17. The summed E-state index contributed by atoms with van der Waals surface area (Å²) >= 11 is 0. The molecule has 0 aliphatic carbocycles. The van der Waals surface area contributed by atoms with Crippen molar-refractivity contribution in [3.05, 3.63) is 41.5 Å². The third-order valence-corrected chi connectivity index (χ3v) is 2.82. The number of carbonyl (C=O) groups is 1. The van der Waals surface area contributed by atoms with Crippen LogP contribution in [0.4, 0.5) is 4.79 Å². The van der Waals surface area contributed by atoms with E-state index in [2.05, 4.69) is 54.0 Å². The Morgan fingerprint density at radius 3 is 2.77 bits per heavy atom. The fourth-order valence-corrected chi connectivity index (χ4v) is 1.87. The van der Waals surface area contributed by atoms with Crippen molar-refractivity contribution in [3.63, 3.8) is 0 Å². The molecule has 0 saturated heterocycles. The van der Waals surface area contributed by atoms with Gasteiger partial charge in [-0.2, -0.15) is 0 Å². The maximum absolute atomic E-state index is 11.5. The SMILES string of the molecule is CCNCc1cccc(C=CCCNC(=O)OC(C)(C)C)c1. The molecule has 0 bridgehead atoms. The molecule has 0 radical (unpaired) electrons. The topological polar surface area (TPSA) is 50.4 Å². The summed E-state index contributed by atoms with van der Waals surface area (Å²) in [4.78, 5) is 11.5. The van der Waals surface area contributed by atoms with E-state index in [4.69, 9.17) is 4.74 Å². The number of alkyl carbamates (subject to hydrolysis) is 1. The molecule has 0 atom stereocenters. The van der Waals surface area contributed by atoms with Crippen LogP contribution in [0.2, 0.25) is 0 Å². The van der Waals surface area contributed by atoms with E-state index in [9.17, 15) is 4.79 Å². The molecule has 0 spiro atoms. The van der Waals surface area contributed by atoms with Crippen molar-refractivity contribution < 1.29 is 9.53 Å². The molecule has 4 heteroatoms. The van der Waals surface area contributed by atoms with Gasteiger partial charge in [-0.15, -0.1) is 0 Å². The molecular weight excluding hydrogens is 276 g/mol. The first-order chi connectivity index (χ1) is 10.4. The second-order valence-electron chi connectivity index (χ2n) is 6.15. The molecule has 0 unspecified atom stereocenters. The van der Waals surface area contributed by atoms with Crippen LogP contribution in [-0.4, -0.2) is 24.8 Å². The molecule has 0 saturated carbocycles. The number of amides is 1. The average Bonchev–Trinajstić information content (AvgIpc) is 2.43. The fourth-order valence-electron chi connectivity index (χ4n) is 1.87. The highest BCUT2D eigenvalue weighted by molar-refractivity contribution is 5.67. The van der Waals surface area contributed by atoms with Gasteiger partial charge in [-0.05, 0) is 44.9 Å². The Kier molecular flexibility index (Phi) is 7.67. The van der Waals surface area contributed by atoms with Crippen LogP contribution in [0.5, 0.6) is 0 Å². The zero-order chi connectivity index (χ0) is 16.4. The van der Waals surface area contributed by atoms with E-state index in [0.717, 1.165) is 19.5 Å². The molecule has 122 valence electrons. The Morgan fingerprint density at radius 2 is 2.09 bits per heavy atom. The van der Waals surface area contributed by atoms with Gasteiger partial charge in [0.05, 0.1) is 0 Å². The molecule has 1 aromatic carbocycles. The van der Waals surface area contributed by atoms with Crippen molar-refractivity contribution in [1.82, 2.24) is 10.6 Å². The van der Waals surface area contributed by atoms with Gasteiger partial charge in [0.2, 0.25) is 0 Å². The van der Waals surface area contributed by atoms with Crippen molar-refractivity contribution in [1.29, 1.82) is 0 Å². The molecule has 1 amide bonds. The van der Waals surface area contributed by atoms with Gasteiger partial charge in [-0.3, -0.25) is 0 Å². The number of rotatable bonds is 7. The lowest BCUT2D eigenvalue weighted by atomic mass is 10.1. The van der Waals surface area contributed by atoms with Crippen LogP contribution in [0.25, 0.3) is 6.08 Å². The zero-order valence-electron chi connectivity index (χ0n) is 14.1. The number of benzene rings is 1. The highest BCUT2D eigenvalue weighted by atomic mass is 16.6. The van der Waals surface area contributed by atoms with E-state index in [-0.39, 0.29) is 6.09 Å². The first-order valence-electron chi connectivity index (χ1n) is 7.84. The normalized spacial score (nSPS) is 11.6. The summed E-state index contributed by atoms with van der Waals surface area (Å²) in [6.07, 6.45) is 4.54. The zero-order valence-corrected chi connectivity index (χ0v) is 14.1. The molecule has 2 N–H and O–H groups in total.